The van der Waals surface area contributed by atoms with Gasteiger partial charge in [-0.3, -0.25) is 4.79 Å². The highest BCUT2D eigenvalue weighted by Crippen LogP contribution is 2.19. The van der Waals surface area contributed by atoms with Crippen LogP contribution in [0.25, 0.3) is 10.9 Å². The second-order valence-electron chi connectivity index (χ2n) is 5.56. The summed E-state index contributed by atoms with van der Waals surface area (Å²) in [5.41, 5.74) is 8.06. The fourth-order valence-electron chi connectivity index (χ4n) is 2.03. The Balaban J connectivity index is 2.04. The fourth-order valence-corrected chi connectivity index (χ4v) is 2.03. The monoisotopic (exact) mass is 274 g/mol. The Morgan fingerprint density at radius 1 is 1.30 bits per heavy atom. The van der Waals surface area contributed by atoms with E-state index in [2.05, 4.69) is 4.98 Å². The van der Waals surface area contributed by atoms with Gasteiger partial charge in [0, 0.05) is 23.5 Å². The van der Waals surface area contributed by atoms with Crippen LogP contribution >= 0.6 is 0 Å². The first-order chi connectivity index (χ1) is 9.49. The number of hydrogen-bond acceptors (Lipinski definition) is 3. The van der Waals surface area contributed by atoms with Crippen LogP contribution in [0.15, 0.2) is 30.5 Å². The Hall–Kier alpha value is -1.81. The maximum absolute atomic E-state index is 12.0. The van der Waals surface area contributed by atoms with Crippen LogP contribution in [0.5, 0.6) is 0 Å². The van der Waals surface area contributed by atoms with Crippen molar-refractivity contribution in [2.45, 2.75) is 39.3 Å². The molecule has 0 spiro atoms. The second kappa shape index (κ2) is 6.09. The molecule has 0 aliphatic rings. The average molecular weight is 274 g/mol. The Morgan fingerprint density at radius 3 is 2.70 bits per heavy atom. The maximum Gasteiger partial charge on any atom is 0.323 e. The number of aromatic nitrogens is 1. The Labute approximate surface area is 119 Å². The lowest BCUT2D eigenvalue weighted by atomic mass is 10.1. The number of hydrogen-bond donors (Lipinski definition) is 2. The van der Waals surface area contributed by atoms with Gasteiger partial charge in [-0.25, -0.2) is 0 Å². The number of nitrogens with two attached hydrogens (primary N) is 1. The molecular weight excluding hydrogens is 252 g/mol. The molecular formula is C16H22N2O2. The molecule has 1 heterocycles. The predicted molar refractivity (Wildman–Crippen MR) is 80.4 cm³/mol. The summed E-state index contributed by atoms with van der Waals surface area (Å²) in [4.78, 5) is 15.1. The summed E-state index contributed by atoms with van der Waals surface area (Å²) in [6.07, 6.45) is 2.27. The van der Waals surface area contributed by atoms with Gasteiger partial charge in [-0.2, -0.15) is 0 Å². The number of benzene rings is 1. The molecule has 1 unspecified atom stereocenters. The summed E-state index contributed by atoms with van der Waals surface area (Å²) in [5, 5.41) is 1.10. The largest absolute Gasteiger partial charge is 0.461 e. The summed E-state index contributed by atoms with van der Waals surface area (Å²) < 4.78 is 5.36. The molecule has 108 valence electrons. The maximum atomic E-state index is 12.0. The van der Waals surface area contributed by atoms with Crippen LogP contribution in [0.1, 0.15) is 26.3 Å². The van der Waals surface area contributed by atoms with E-state index < -0.39 is 6.04 Å². The number of aromatic amines is 1. The van der Waals surface area contributed by atoms with Gasteiger partial charge in [0.05, 0.1) is 0 Å². The van der Waals surface area contributed by atoms with Gasteiger partial charge in [-0.05, 0) is 24.5 Å². The molecule has 4 nitrogen and oxygen atoms in total. The third kappa shape index (κ3) is 3.20. The lowest BCUT2D eigenvalue weighted by Gasteiger charge is -2.19. The van der Waals surface area contributed by atoms with E-state index >= 15 is 0 Å². The van der Waals surface area contributed by atoms with Crippen molar-refractivity contribution in [2.75, 3.05) is 0 Å². The first-order valence-electron chi connectivity index (χ1n) is 7.00. The van der Waals surface area contributed by atoms with Gasteiger partial charge in [0.25, 0.3) is 0 Å². The van der Waals surface area contributed by atoms with Crippen LogP contribution in [0, 0.1) is 5.92 Å². The SMILES string of the molecule is CC(C)C(C)OC(=O)[C@H](N)Cc1c[nH]c2ccccc12. The van der Waals surface area contributed by atoms with Gasteiger partial charge in [0.1, 0.15) is 12.1 Å². The van der Waals surface area contributed by atoms with Crippen molar-refractivity contribution < 1.29 is 9.53 Å². The van der Waals surface area contributed by atoms with E-state index in [1.165, 1.54) is 0 Å². The molecule has 0 radical (unpaired) electrons. The highest BCUT2D eigenvalue weighted by atomic mass is 16.5. The van der Waals surface area contributed by atoms with Crippen LogP contribution < -0.4 is 5.73 Å². The molecule has 0 fully saturated rings. The second-order valence-corrected chi connectivity index (χ2v) is 5.56. The zero-order valence-corrected chi connectivity index (χ0v) is 12.2. The highest BCUT2D eigenvalue weighted by molar-refractivity contribution is 5.84. The molecule has 1 aromatic heterocycles. The van der Waals surface area contributed by atoms with Gasteiger partial charge in [0.15, 0.2) is 0 Å². The molecule has 2 aromatic rings. The van der Waals surface area contributed by atoms with Crippen molar-refractivity contribution in [2.24, 2.45) is 11.7 Å². The molecule has 4 heteroatoms. The molecule has 2 rings (SSSR count). The average Bonchev–Trinajstić information content (AvgIpc) is 2.82. The predicted octanol–water partition coefficient (Wildman–Crippen LogP) is 2.63. The molecule has 20 heavy (non-hydrogen) atoms. The van der Waals surface area contributed by atoms with E-state index in [0.29, 0.717) is 12.3 Å². The Kier molecular flexibility index (Phi) is 4.45. The van der Waals surface area contributed by atoms with Crippen LogP contribution in [0.3, 0.4) is 0 Å². The number of H-pyrrole nitrogens is 1. The molecule has 1 aromatic carbocycles. The number of nitrogens with one attached hydrogen (secondary N) is 1. The van der Waals surface area contributed by atoms with Crippen molar-refractivity contribution in [1.82, 2.24) is 4.98 Å². The summed E-state index contributed by atoms with van der Waals surface area (Å²) in [6, 6.07) is 7.35. The minimum absolute atomic E-state index is 0.114. The van der Waals surface area contributed by atoms with Crippen LogP contribution in [0.2, 0.25) is 0 Å². The Morgan fingerprint density at radius 2 is 2.00 bits per heavy atom. The van der Waals surface area contributed by atoms with E-state index in [-0.39, 0.29) is 12.1 Å². The number of carbonyl (C=O) groups excluding carboxylic acids is 1. The van der Waals surface area contributed by atoms with Crippen molar-refractivity contribution in [3.05, 3.63) is 36.0 Å². The molecule has 0 amide bonds. The number of fused-ring (bicyclic) bond motifs is 1. The third-order valence-corrected chi connectivity index (χ3v) is 3.66. The van der Waals surface area contributed by atoms with Crippen molar-refractivity contribution in [1.29, 1.82) is 0 Å². The number of rotatable bonds is 5. The molecule has 2 atom stereocenters. The van der Waals surface area contributed by atoms with Gasteiger partial charge in [-0.15, -0.1) is 0 Å². The molecule has 0 saturated carbocycles. The van der Waals surface area contributed by atoms with Crippen molar-refractivity contribution in [3.8, 4) is 0 Å². The van der Waals surface area contributed by atoms with E-state index in [4.69, 9.17) is 10.5 Å². The van der Waals surface area contributed by atoms with Crippen LogP contribution in [-0.2, 0) is 16.0 Å². The number of ether oxygens (including phenoxy) is 1. The van der Waals surface area contributed by atoms with Gasteiger partial charge >= 0.3 is 5.97 Å². The number of para-hydroxylation sites is 1. The summed E-state index contributed by atoms with van der Waals surface area (Å²) in [7, 11) is 0. The minimum atomic E-state index is -0.629. The highest BCUT2D eigenvalue weighted by Gasteiger charge is 2.21. The van der Waals surface area contributed by atoms with E-state index in [1.807, 2.05) is 51.2 Å². The Bertz CT molecular complexity index is 589. The molecule has 3 N–H and O–H groups in total. The minimum Gasteiger partial charge on any atom is -0.461 e. The van der Waals surface area contributed by atoms with Gasteiger partial charge in [-0.1, -0.05) is 32.0 Å². The topological polar surface area (TPSA) is 68.1 Å². The lowest BCUT2D eigenvalue weighted by Crippen LogP contribution is -2.37. The first kappa shape index (κ1) is 14.6. The fraction of sp³-hybridized carbons (Fsp3) is 0.438. The zero-order valence-electron chi connectivity index (χ0n) is 12.2. The summed E-state index contributed by atoms with van der Waals surface area (Å²) in [6.45, 7) is 5.92. The normalized spacial score (nSPS) is 14.4. The standard InChI is InChI=1S/C16H22N2O2/c1-10(2)11(3)20-16(19)14(17)8-12-9-18-15-7-5-4-6-13(12)15/h4-7,9-11,14,18H,8,17H2,1-3H3/t11?,14-/m1/s1. The van der Waals surface area contributed by atoms with E-state index in [9.17, 15) is 4.79 Å². The van der Waals surface area contributed by atoms with Crippen molar-refractivity contribution >= 4 is 16.9 Å². The quantitative estimate of drug-likeness (QED) is 0.824. The van der Waals surface area contributed by atoms with Gasteiger partial charge in [0.2, 0.25) is 0 Å². The zero-order chi connectivity index (χ0) is 14.7. The molecule has 0 bridgehead atoms. The molecule has 0 aliphatic carbocycles. The third-order valence-electron chi connectivity index (χ3n) is 3.66. The van der Waals surface area contributed by atoms with E-state index in [0.717, 1.165) is 16.5 Å². The first-order valence-corrected chi connectivity index (χ1v) is 7.00. The van der Waals surface area contributed by atoms with Gasteiger partial charge < -0.3 is 15.5 Å². The smallest absolute Gasteiger partial charge is 0.323 e. The number of carbonyl (C=O) groups is 1. The summed E-state index contributed by atoms with van der Waals surface area (Å²) >= 11 is 0. The summed E-state index contributed by atoms with van der Waals surface area (Å²) in [5.74, 6) is -0.0456. The molecule has 0 aliphatic heterocycles. The molecule has 0 saturated heterocycles. The number of esters is 1. The van der Waals surface area contributed by atoms with E-state index in [1.54, 1.807) is 0 Å². The van der Waals surface area contributed by atoms with Crippen LogP contribution in [0.4, 0.5) is 0 Å². The van der Waals surface area contributed by atoms with Crippen molar-refractivity contribution in [3.63, 3.8) is 0 Å². The van der Waals surface area contributed by atoms with Crippen LogP contribution in [-0.4, -0.2) is 23.1 Å². The lowest BCUT2D eigenvalue weighted by molar-refractivity contribution is -0.151.